The number of carboxylic acids is 1. The Morgan fingerprint density at radius 3 is 2.74 bits per heavy atom. The van der Waals surface area contributed by atoms with Gasteiger partial charge in [0.15, 0.2) is 0 Å². The van der Waals surface area contributed by atoms with Gasteiger partial charge in [0.1, 0.15) is 0 Å². The summed E-state index contributed by atoms with van der Waals surface area (Å²) >= 11 is 0. The lowest BCUT2D eigenvalue weighted by Crippen LogP contribution is -1.99. The second-order valence-electron chi connectivity index (χ2n) is 5.79. The van der Waals surface area contributed by atoms with Gasteiger partial charge in [0.05, 0.1) is 0 Å². The number of rotatable bonds is 6. The third-order valence-electron chi connectivity index (χ3n) is 4.01. The molecule has 0 unspecified atom stereocenters. The van der Waals surface area contributed by atoms with Crippen LogP contribution in [0.25, 0.3) is 10.9 Å². The molecule has 0 amide bonds. The highest BCUT2D eigenvalue weighted by Gasteiger charge is 2.09. The Kier molecular flexibility index (Phi) is 4.33. The lowest BCUT2D eigenvalue weighted by Gasteiger charge is -2.06. The smallest absolute Gasteiger partial charge is 0.303 e. The van der Waals surface area contributed by atoms with E-state index in [0.29, 0.717) is 6.42 Å². The van der Waals surface area contributed by atoms with Gasteiger partial charge in [-0.15, -0.1) is 0 Å². The minimum absolute atomic E-state index is 0.203. The van der Waals surface area contributed by atoms with Gasteiger partial charge in [-0.2, -0.15) is 0 Å². The maximum Gasteiger partial charge on any atom is 0.303 e. The van der Waals surface area contributed by atoms with Crippen LogP contribution in [0.15, 0.2) is 54.7 Å². The predicted molar refractivity (Wildman–Crippen MR) is 92.5 cm³/mol. The van der Waals surface area contributed by atoms with Crippen molar-refractivity contribution in [3.05, 3.63) is 65.9 Å². The number of aromatic nitrogens is 1. The van der Waals surface area contributed by atoms with Gasteiger partial charge < -0.3 is 15.4 Å². The number of para-hydroxylation sites is 1. The van der Waals surface area contributed by atoms with E-state index in [2.05, 4.69) is 29.0 Å². The summed E-state index contributed by atoms with van der Waals surface area (Å²) in [7, 11) is 0. The molecule has 3 aromatic rings. The molecule has 0 spiro atoms. The first kappa shape index (κ1) is 15.2. The number of nitrogens with two attached hydrogens (primary N) is 1. The zero-order chi connectivity index (χ0) is 16.2. The fourth-order valence-electron chi connectivity index (χ4n) is 2.97. The molecule has 4 heteroatoms. The Bertz CT molecular complexity index is 836. The Balaban J connectivity index is 1.89. The van der Waals surface area contributed by atoms with Crippen molar-refractivity contribution in [2.45, 2.75) is 25.8 Å². The van der Waals surface area contributed by atoms with Crippen LogP contribution in [0.1, 0.15) is 24.0 Å². The maximum atomic E-state index is 10.7. The molecule has 0 saturated carbocycles. The van der Waals surface area contributed by atoms with Crippen molar-refractivity contribution in [1.82, 2.24) is 4.57 Å². The van der Waals surface area contributed by atoms with Crippen molar-refractivity contribution < 1.29 is 9.90 Å². The van der Waals surface area contributed by atoms with E-state index >= 15 is 0 Å². The number of hydrogen-bond acceptors (Lipinski definition) is 2. The molecule has 2 aromatic carbocycles. The number of aliphatic carboxylic acids is 1. The van der Waals surface area contributed by atoms with Crippen LogP contribution in [0.5, 0.6) is 0 Å². The maximum absolute atomic E-state index is 10.7. The molecule has 3 N–H and O–H groups in total. The molecule has 3 rings (SSSR count). The molecule has 0 fully saturated rings. The Morgan fingerprint density at radius 1 is 1.13 bits per heavy atom. The van der Waals surface area contributed by atoms with E-state index in [1.807, 2.05) is 30.3 Å². The van der Waals surface area contributed by atoms with Crippen LogP contribution < -0.4 is 5.73 Å². The summed E-state index contributed by atoms with van der Waals surface area (Å²) in [5.41, 5.74) is 10.1. The number of fused-ring (bicyclic) bond motifs is 1. The number of nitrogen functional groups attached to an aromatic ring is 1. The summed E-state index contributed by atoms with van der Waals surface area (Å²) in [6, 6.07) is 16.1. The molecule has 23 heavy (non-hydrogen) atoms. The van der Waals surface area contributed by atoms with E-state index in [-0.39, 0.29) is 6.42 Å². The van der Waals surface area contributed by atoms with Crippen LogP contribution in [0.4, 0.5) is 5.69 Å². The van der Waals surface area contributed by atoms with Crippen molar-refractivity contribution in [3.63, 3.8) is 0 Å². The summed E-state index contributed by atoms with van der Waals surface area (Å²) in [5.74, 6) is -0.742. The SMILES string of the molecule is Nc1cccc(Cn2cc(CCCC(=O)O)c3ccccc32)c1. The predicted octanol–water partition coefficient (Wildman–Crippen LogP) is 3.68. The normalized spacial score (nSPS) is 11.0. The largest absolute Gasteiger partial charge is 0.481 e. The van der Waals surface area contributed by atoms with Crippen LogP contribution in [0, 0.1) is 0 Å². The van der Waals surface area contributed by atoms with Crippen molar-refractivity contribution in [2.75, 3.05) is 5.73 Å². The first-order valence-electron chi connectivity index (χ1n) is 7.76. The molecule has 118 valence electrons. The summed E-state index contributed by atoms with van der Waals surface area (Å²) in [6.07, 6.45) is 3.77. The molecule has 0 radical (unpaired) electrons. The van der Waals surface area contributed by atoms with E-state index in [0.717, 1.165) is 24.2 Å². The summed E-state index contributed by atoms with van der Waals surface area (Å²) in [5, 5.41) is 10.0. The van der Waals surface area contributed by atoms with Gasteiger partial charge in [0.25, 0.3) is 0 Å². The molecule has 0 aliphatic rings. The van der Waals surface area contributed by atoms with Crippen molar-refractivity contribution in [3.8, 4) is 0 Å². The van der Waals surface area contributed by atoms with E-state index < -0.39 is 5.97 Å². The monoisotopic (exact) mass is 308 g/mol. The Morgan fingerprint density at radius 2 is 1.96 bits per heavy atom. The summed E-state index contributed by atoms with van der Waals surface area (Å²) in [6.45, 7) is 0.754. The number of aryl methyl sites for hydroxylation is 1. The standard InChI is InChI=1S/C19H20N2O2/c20-16-7-3-5-14(11-16)12-21-13-15(6-4-10-19(22)23)17-8-1-2-9-18(17)21/h1-3,5,7-9,11,13H,4,6,10,12,20H2,(H,22,23). The second kappa shape index (κ2) is 6.57. The fourth-order valence-corrected chi connectivity index (χ4v) is 2.97. The molecular formula is C19H20N2O2. The second-order valence-corrected chi connectivity index (χ2v) is 5.79. The number of nitrogens with zero attached hydrogens (tertiary/aromatic N) is 1. The number of carboxylic acid groups (broad SMARTS) is 1. The first-order chi connectivity index (χ1) is 11.1. The number of benzene rings is 2. The van der Waals surface area contributed by atoms with Gasteiger partial charge in [-0.1, -0.05) is 30.3 Å². The number of carbonyl (C=O) groups is 1. The Labute approximate surface area is 135 Å². The van der Waals surface area contributed by atoms with Crippen LogP contribution >= 0.6 is 0 Å². The van der Waals surface area contributed by atoms with Gasteiger partial charge in [0.2, 0.25) is 0 Å². The average Bonchev–Trinajstić information content (AvgIpc) is 2.85. The fraction of sp³-hybridized carbons (Fsp3) is 0.211. The van der Waals surface area contributed by atoms with Crippen molar-refractivity contribution in [2.24, 2.45) is 0 Å². The summed E-state index contributed by atoms with van der Waals surface area (Å²) < 4.78 is 2.21. The highest BCUT2D eigenvalue weighted by atomic mass is 16.4. The van der Waals surface area contributed by atoms with Crippen LogP contribution in [-0.4, -0.2) is 15.6 Å². The third kappa shape index (κ3) is 3.54. The Hall–Kier alpha value is -2.75. The first-order valence-corrected chi connectivity index (χ1v) is 7.76. The van der Waals surface area contributed by atoms with Crippen LogP contribution in [-0.2, 0) is 17.8 Å². The molecule has 0 bridgehead atoms. The minimum Gasteiger partial charge on any atom is -0.481 e. The lowest BCUT2D eigenvalue weighted by molar-refractivity contribution is -0.137. The number of hydrogen-bond donors (Lipinski definition) is 2. The van der Waals surface area contributed by atoms with Gasteiger partial charge in [-0.25, -0.2) is 0 Å². The van der Waals surface area contributed by atoms with E-state index in [1.54, 1.807) is 0 Å². The molecule has 0 aliphatic heterocycles. The molecule has 4 nitrogen and oxygen atoms in total. The highest BCUT2D eigenvalue weighted by molar-refractivity contribution is 5.84. The average molecular weight is 308 g/mol. The van der Waals surface area contributed by atoms with Gasteiger partial charge in [0, 0.05) is 35.8 Å². The molecule has 0 atom stereocenters. The summed E-state index contributed by atoms with van der Waals surface area (Å²) in [4.78, 5) is 10.7. The van der Waals surface area contributed by atoms with Gasteiger partial charge in [-0.05, 0) is 42.2 Å². The molecule has 1 heterocycles. The molecular weight excluding hydrogens is 288 g/mol. The van der Waals surface area contributed by atoms with Gasteiger partial charge in [-0.3, -0.25) is 4.79 Å². The van der Waals surface area contributed by atoms with Crippen molar-refractivity contribution in [1.29, 1.82) is 0 Å². The number of anilines is 1. The van der Waals surface area contributed by atoms with Crippen LogP contribution in [0.3, 0.4) is 0 Å². The lowest BCUT2D eigenvalue weighted by atomic mass is 10.1. The molecule has 0 aliphatic carbocycles. The van der Waals surface area contributed by atoms with Gasteiger partial charge >= 0.3 is 5.97 Å². The highest BCUT2D eigenvalue weighted by Crippen LogP contribution is 2.24. The third-order valence-corrected chi connectivity index (χ3v) is 4.01. The molecule has 1 aromatic heterocycles. The van der Waals surface area contributed by atoms with E-state index in [4.69, 9.17) is 10.8 Å². The van der Waals surface area contributed by atoms with Crippen molar-refractivity contribution >= 4 is 22.6 Å². The topological polar surface area (TPSA) is 68.2 Å². The van der Waals surface area contributed by atoms with E-state index in [9.17, 15) is 4.79 Å². The minimum atomic E-state index is -0.742. The van der Waals surface area contributed by atoms with E-state index in [1.165, 1.54) is 16.5 Å². The van der Waals surface area contributed by atoms with Crippen LogP contribution in [0.2, 0.25) is 0 Å². The zero-order valence-corrected chi connectivity index (χ0v) is 12.9. The molecule has 0 saturated heterocycles. The quantitative estimate of drug-likeness (QED) is 0.683. The zero-order valence-electron chi connectivity index (χ0n) is 12.9.